The van der Waals surface area contributed by atoms with E-state index >= 15 is 0 Å². The Morgan fingerprint density at radius 2 is 2.05 bits per heavy atom. The van der Waals surface area contributed by atoms with Gasteiger partial charge < -0.3 is 10.5 Å². The Hall–Kier alpha value is -1.23. The summed E-state index contributed by atoms with van der Waals surface area (Å²) >= 11 is 7.71. The SMILES string of the molecule is COc1ccc(CC(N)CSc2ccccc2Cl)cc1F. The van der Waals surface area contributed by atoms with E-state index in [0.717, 1.165) is 21.2 Å². The third kappa shape index (κ3) is 4.63. The van der Waals surface area contributed by atoms with E-state index in [-0.39, 0.29) is 17.6 Å². The van der Waals surface area contributed by atoms with Crippen LogP contribution in [0.2, 0.25) is 5.02 Å². The van der Waals surface area contributed by atoms with E-state index in [0.29, 0.717) is 6.42 Å². The summed E-state index contributed by atoms with van der Waals surface area (Å²) in [7, 11) is 1.45. The second-order valence-corrected chi connectivity index (χ2v) is 6.14. The predicted molar refractivity (Wildman–Crippen MR) is 86.8 cm³/mol. The Balaban J connectivity index is 1.91. The van der Waals surface area contributed by atoms with Gasteiger partial charge in [-0.15, -0.1) is 11.8 Å². The van der Waals surface area contributed by atoms with Gasteiger partial charge in [-0.05, 0) is 36.2 Å². The first-order valence-corrected chi connectivity index (χ1v) is 7.92. The van der Waals surface area contributed by atoms with Gasteiger partial charge in [0.25, 0.3) is 0 Å². The maximum absolute atomic E-state index is 13.6. The molecule has 2 rings (SSSR count). The number of rotatable bonds is 6. The highest BCUT2D eigenvalue weighted by atomic mass is 35.5. The highest BCUT2D eigenvalue weighted by Gasteiger charge is 2.09. The van der Waals surface area contributed by atoms with Crippen LogP contribution < -0.4 is 10.5 Å². The highest BCUT2D eigenvalue weighted by molar-refractivity contribution is 7.99. The molecule has 0 saturated carbocycles. The van der Waals surface area contributed by atoms with Crippen LogP contribution in [0.15, 0.2) is 47.4 Å². The average Bonchev–Trinajstić information content (AvgIpc) is 2.46. The van der Waals surface area contributed by atoms with Crippen LogP contribution in [-0.2, 0) is 6.42 Å². The lowest BCUT2D eigenvalue weighted by atomic mass is 10.1. The van der Waals surface area contributed by atoms with E-state index in [1.54, 1.807) is 17.8 Å². The second-order valence-electron chi connectivity index (χ2n) is 4.67. The van der Waals surface area contributed by atoms with E-state index in [4.69, 9.17) is 22.1 Å². The largest absolute Gasteiger partial charge is 0.494 e. The first-order chi connectivity index (χ1) is 10.1. The summed E-state index contributed by atoms with van der Waals surface area (Å²) in [4.78, 5) is 1.01. The van der Waals surface area contributed by atoms with Gasteiger partial charge in [0, 0.05) is 16.7 Å². The molecule has 1 unspecified atom stereocenters. The van der Waals surface area contributed by atoms with Gasteiger partial charge in [-0.2, -0.15) is 0 Å². The van der Waals surface area contributed by atoms with Gasteiger partial charge in [0.1, 0.15) is 0 Å². The summed E-state index contributed by atoms with van der Waals surface area (Å²) in [5.74, 6) is 0.607. The topological polar surface area (TPSA) is 35.2 Å². The minimum Gasteiger partial charge on any atom is -0.494 e. The maximum atomic E-state index is 13.6. The Labute approximate surface area is 133 Å². The van der Waals surface area contributed by atoms with Crippen molar-refractivity contribution in [1.29, 1.82) is 0 Å². The molecule has 0 aliphatic rings. The van der Waals surface area contributed by atoms with Gasteiger partial charge in [-0.3, -0.25) is 0 Å². The number of ether oxygens (including phenoxy) is 1. The monoisotopic (exact) mass is 325 g/mol. The van der Waals surface area contributed by atoms with Gasteiger partial charge in [0.05, 0.1) is 12.1 Å². The maximum Gasteiger partial charge on any atom is 0.165 e. The molecular weight excluding hydrogens is 309 g/mol. The standard InChI is InChI=1S/C16H17ClFNOS/c1-20-15-7-6-11(9-14(15)18)8-12(19)10-21-16-5-3-2-4-13(16)17/h2-7,9,12H,8,10,19H2,1H3. The van der Waals surface area contributed by atoms with Crippen LogP contribution in [0.4, 0.5) is 4.39 Å². The molecule has 0 bridgehead atoms. The molecule has 0 fully saturated rings. The minimum absolute atomic E-state index is 0.0703. The normalized spacial score (nSPS) is 12.2. The molecule has 1 atom stereocenters. The summed E-state index contributed by atoms with van der Waals surface area (Å²) in [5, 5.41) is 0.727. The molecule has 2 N–H and O–H groups in total. The fourth-order valence-electron chi connectivity index (χ4n) is 1.96. The number of hydrogen-bond donors (Lipinski definition) is 1. The molecule has 0 aromatic heterocycles. The molecule has 2 aromatic carbocycles. The lowest BCUT2D eigenvalue weighted by Crippen LogP contribution is -2.25. The van der Waals surface area contributed by atoms with Crippen molar-refractivity contribution in [2.45, 2.75) is 17.4 Å². The first-order valence-electron chi connectivity index (χ1n) is 6.55. The zero-order valence-electron chi connectivity index (χ0n) is 11.7. The van der Waals surface area contributed by atoms with Gasteiger partial charge >= 0.3 is 0 Å². The number of thioether (sulfide) groups is 1. The molecule has 0 spiro atoms. The quantitative estimate of drug-likeness (QED) is 0.810. The number of halogens is 2. The molecule has 0 aliphatic carbocycles. The summed E-state index contributed by atoms with van der Waals surface area (Å²) in [6, 6.07) is 12.5. The Morgan fingerprint density at radius 1 is 1.29 bits per heavy atom. The lowest BCUT2D eigenvalue weighted by Gasteiger charge is -2.12. The molecule has 0 heterocycles. The van der Waals surface area contributed by atoms with Crippen LogP contribution in [-0.4, -0.2) is 18.9 Å². The van der Waals surface area contributed by atoms with Crippen molar-refractivity contribution in [1.82, 2.24) is 0 Å². The average molecular weight is 326 g/mol. The van der Waals surface area contributed by atoms with Gasteiger partial charge in [0.2, 0.25) is 0 Å². The van der Waals surface area contributed by atoms with Crippen molar-refractivity contribution in [3.8, 4) is 5.75 Å². The van der Waals surface area contributed by atoms with Gasteiger partial charge in [0.15, 0.2) is 11.6 Å². The fourth-order valence-corrected chi connectivity index (χ4v) is 3.15. The Bertz CT molecular complexity index is 609. The van der Waals surface area contributed by atoms with E-state index < -0.39 is 0 Å². The molecule has 2 nitrogen and oxygen atoms in total. The molecule has 0 radical (unpaired) electrons. The van der Waals surface area contributed by atoms with E-state index in [9.17, 15) is 4.39 Å². The number of methoxy groups -OCH3 is 1. The van der Waals surface area contributed by atoms with Crippen molar-refractivity contribution >= 4 is 23.4 Å². The van der Waals surface area contributed by atoms with Gasteiger partial charge in [-0.1, -0.05) is 29.8 Å². The van der Waals surface area contributed by atoms with Crippen LogP contribution in [0.3, 0.4) is 0 Å². The zero-order chi connectivity index (χ0) is 15.2. The first kappa shape index (κ1) is 16.1. The molecule has 0 saturated heterocycles. The Kier molecular flexibility index (Phi) is 5.91. The van der Waals surface area contributed by atoms with Crippen LogP contribution >= 0.6 is 23.4 Å². The van der Waals surface area contributed by atoms with Gasteiger partial charge in [-0.25, -0.2) is 4.39 Å². The Morgan fingerprint density at radius 3 is 2.71 bits per heavy atom. The smallest absolute Gasteiger partial charge is 0.165 e. The number of nitrogens with two attached hydrogens (primary N) is 1. The molecule has 112 valence electrons. The predicted octanol–water partition coefficient (Wildman–Crippen LogP) is 4.15. The highest BCUT2D eigenvalue weighted by Crippen LogP contribution is 2.27. The van der Waals surface area contributed by atoms with Crippen molar-refractivity contribution in [3.05, 3.63) is 58.9 Å². The second kappa shape index (κ2) is 7.69. The fraction of sp³-hybridized carbons (Fsp3) is 0.250. The number of hydrogen-bond acceptors (Lipinski definition) is 3. The third-order valence-corrected chi connectivity index (χ3v) is 4.71. The van der Waals surface area contributed by atoms with Crippen LogP contribution in [0.5, 0.6) is 5.75 Å². The zero-order valence-corrected chi connectivity index (χ0v) is 13.3. The summed E-state index contributed by atoms with van der Waals surface area (Å²) in [6.45, 7) is 0. The number of benzene rings is 2. The lowest BCUT2D eigenvalue weighted by molar-refractivity contribution is 0.386. The summed E-state index contributed by atoms with van der Waals surface area (Å²) < 4.78 is 18.5. The molecule has 5 heteroatoms. The van der Waals surface area contributed by atoms with Crippen LogP contribution in [0, 0.1) is 5.82 Å². The molecular formula is C16H17ClFNOS. The summed E-state index contributed by atoms with van der Waals surface area (Å²) in [5.41, 5.74) is 6.97. The van der Waals surface area contributed by atoms with E-state index in [1.807, 2.05) is 30.3 Å². The molecule has 0 amide bonds. The van der Waals surface area contributed by atoms with Crippen molar-refractivity contribution in [3.63, 3.8) is 0 Å². The van der Waals surface area contributed by atoms with Crippen molar-refractivity contribution in [2.75, 3.05) is 12.9 Å². The summed E-state index contributed by atoms with van der Waals surface area (Å²) in [6.07, 6.45) is 0.609. The minimum atomic E-state index is -0.360. The van der Waals surface area contributed by atoms with Crippen LogP contribution in [0.25, 0.3) is 0 Å². The van der Waals surface area contributed by atoms with Crippen molar-refractivity contribution < 1.29 is 9.13 Å². The molecule has 2 aromatic rings. The molecule has 21 heavy (non-hydrogen) atoms. The van der Waals surface area contributed by atoms with E-state index in [1.165, 1.54) is 13.2 Å². The molecule has 0 aliphatic heterocycles. The van der Waals surface area contributed by atoms with Crippen LogP contribution in [0.1, 0.15) is 5.56 Å². The van der Waals surface area contributed by atoms with E-state index in [2.05, 4.69) is 0 Å². The third-order valence-electron chi connectivity index (χ3n) is 3.00. The van der Waals surface area contributed by atoms with Crippen molar-refractivity contribution in [2.24, 2.45) is 5.73 Å².